The Morgan fingerprint density at radius 2 is 1.92 bits per heavy atom. The van der Waals surface area contributed by atoms with Crippen molar-refractivity contribution in [3.8, 4) is 0 Å². The molecule has 1 saturated heterocycles. The van der Waals surface area contributed by atoms with Gasteiger partial charge in [0.2, 0.25) is 0 Å². The second-order valence-corrected chi connectivity index (χ2v) is 2.90. The van der Waals surface area contributed by atoms with E-state index in [0.717, 1.165) is 4.90 Å². The molecule has 5 heteroatoms. The van der Waals surface area contributed by atoms with Crippen LogP contribution >= 0.6 is 11.6 Å². The fourth-order valence-electron chi connectivity index (χ4n) is 1.19. The third kappa shape index (κ3) is 1.16. The highest BCUT2D eigenvalue weighted by Gasteiger charge is 2.42. The molecule has 0 aromatic rings. The van der Waals surface area contributed by atoms with Gasteiger partial charge in [0.1, 0.15) is 0 Å². The van der Waals surface area contributed by atoms with Gasteiger partial charge in [0.15, 0.2) is 5.50 Å². The molecule has 1 unspecified atom stereocenters. The molecule has 12 heavy (non-hydrogen) atoms. The van der Waals surface area contributed by atoms with E-state index in [1.165, 1.54) is 4.90 Å². The van der Waals surface area contributed by atoms with Crippen molar-refractivity contribution in [2.24, 2.45) is 0 Å². The lowest BCUT2D eigenvalue weighted by Crippen LogP contribution is -2.33. The molecule has 0 saturated carbocycles. The molecule has 1 aliphatic heterocycles. The third-order valence-electron chi connectivity index (χ3n) is 1.88. The first-order valence-electron chi connectivity index (χ1n) is 3.89. The van der Waals surface area contributed by atoms with Crippen molar-refractivity contribution in [1.82, 2.24) is 9.80 Å². The van der Waals surface area contributed by atoms with Crippen molar-refractivity contribution in [2.45, 2.75) is 19.3 Å². The van der Waals surface area contributed by atoms with Gasteiger partial charge >= 0.3 is 6.03 Å². The summed E-state index contributed by atoms with van der Waals surface area (Å²) >= 11 is 5.71. The summed E-state index contributed by atoms with van der Waals surface area (Å²) in [6, 6.07) is -0.287. The number of alkyl halides is 1. The minimum absolute atomic E-state index is 0.287. The van der Waals surface area contributed by atoms with E-state index in [1.807, 2.05) is 0 Å². The lowest BCUT2D eigenvalue weighted by Gasteiger charge is -2.14. The van der Waals surface area contributed by atoms with Gasteiger partial charge < -0.3 is 0 Å². The van der Waals surface area contributed by atoms with Crippen LogP contribution in [-0.2, 0) is 4.79 Å². The minimum Gasteiger partial charge on any atom is -0.300 e. The van der Waals surface area contributed by atoms with Crippen molar-refractivity contribution in [2.75, 3.05) is 13.1 Å². The summed E-state index contributed by atoms with van der Waals surface area (Å²) in [6.07, 6.45) is 0. The predicted octanol–water partition coefficient (Wildman–Crippen LogP) is 0.855. The Labute approximate surface area is 76.1 Å². The number of likely N-dealkylation sites (N-methyl/N-ethyl adjacent to an activating group) is 2. The molecule has 0 bridgehead atoms. The number of nitrogens with zero attached hydrogens (tertiary/aromatic N) is 2. The minimum atomic E-state index is -0.803. The van der Waals surface area contributed by atoms with Crippen molar-refractivity contribution in [3.63, 3.8) is 0 Å². The van der Waals surface area contributed by atoms with Crippen LogP contribution in [0.5, 0.6) is 0 Å². The molecule has 1 fully saturated rings. The molecule has 0 N–H and O–H groups in total. The molecule has 0 aromatic heterocycles. The maximum Gasteiger partial charge on any atom is 0.328 e. The number of carbonyl (C=O) groups is 2. The van der Waals surface area contributed by atoms with E-state index in [-0.39, 0.29) is 11.9 Å². The SMILES string of the molecule is CCN1C(=O)C(Cl)N(CC)C1=O. The van der Waals surface area contributed by atoms with Crippen LogP contribution in [0.1, 0.15) is 13.8 Å². The van der Waals surface area contributed by atoms with Crippen LogP contribution in [0.4, 0.5) is 4.79 Å². The fraction of sp³-hybridized carbons (Fsp3) is 0.714. The average Bonchev–Trinajstić information content (AvgIpc) is 2.25. The lowest BCUT2D eigenvalue weighted by atomic mass is 10.5. The summed E-state index contributed by atoms with van der Waals surface area (Å²) in [5.74, 6) is -0.314. The van der Waals surface area contributed by atoms with Gasteiger partial charge in [-0.25, -0.2) is 4.79 Å². The quantitative estimate of drug-likeness (QED) is 0.368. The number of amides is 3. The van der Waals surface area contributed by atoms with Gasteiger partial charge in [-0.05, 0) is 13.8 Å². The third-order valence-corrected chi connectivity index (χ3v) is 2.30. The largest absolute Gasteiger partial charge is 0.328 e. The Balaban J connectivity index is 2.85. The Morgan fingerprint density at radius 1 is 1.33 bits per heavy atom. The molecule has 1 rings (SSSR count). The Bertz CT molecular complexity index is 219. The van der Waals surface area contributed by atoms with Gasteiger partial charge in [-0.1, -0.05) is 11.6 Å². The molecule has 4 nitrogen and oxygen atoms in total. The summed E-state index contributed by atoms with van der Waals surface area (Å²) in [4.78, 5) is 25.1. The number of hydrogen-bond donors (Lipinski definition) is 0. The smallest absolute Gasteiger partial charge is 0.300 e. The summed E-state index contributed by atoms with van der Waals surface area (Å²) in [7, 11) is 0. The highest BCUT2D eigenvalue weighted by atomic mass is 35.5. The second kappa shape index (κ2) is 3.31. The van der Waals surface area contributed by atoms with Crippen LogP contribution in [0, 0.1) is 0 Å². The molecular formula is C7H11ClN2O2. The topological polar surface area (TPSA) is 40.6 Å². The zero-order valence-electron chi connectivity index (χ0n) is 7.08. The van der Waals surface area contributed by atoms with Crippen LogP contribution in [0.25, 0.3) is 0 Å². The molecule has 0 aromatic carbocycles. The highest BCUT2D eigenvalue weighted by Crippen LogP contribution is 2.19. The van der Waals surface area contributed by atoms with E-state index < -0.39 is 5.50 Å². The molecule has 0 radical (unpaired) electrons. The number of imide groups is 1. The molecule has 0 spiro atoms. The summed E-state index contributed by atoms with van der Waals surface area (Å²) < 4.78 is 0. The van der Waals surface area contributed by atoms with E-state index >= 15 is 0 Å². The van der Waals surface area contributed by atoms with Crippen molar-refractivity contribution in [1.29, 1.82) is 0 Å². The van der Waals surface area contributed by atoms with Crippen molar-refractivity contribution < 1.29 is 9.59 Å². The van der Waals surface area contributed by atoms with Crippen LogP contribution in [0.2, 0.25) is 0 Å². The number of urea groups is 1. The fourth-order valence-corrected chi connectivity index (χ4v) is 1.53. The monoisotopic (exact) mass is 190 g/mol. The van der Waals surface area contributed by atoms with Gasteiger partial charge in [0, 0.05) is 13.1 Å². The van der Waals surface area contributed by atoms with Gasteiger partial charge in [0.25, 0.3) is 5.91 Å². The van der Waals surface area contributed by atoms with E-state index in [9.17, 15) is 9.59 Å². The first-order valence-corrected chi connectivity index (χ1v) is 4.33. The average molecular weight is 191 g/mol. The number of rotatable bonds is 2. The normalized spacial score (nSPS) is 24.1. The van der Waals surface area contributed by atoms with E-state index in [2.05, 4.69) is 0 Å². The standard InChI is InChI=1S/C7H11ClN2O2/c1-3-9-5(8)6(11)10(4-2)7(9)12/h5H,3-4H2,1-2H3. The first-order chi connectivity index (χ1) is 5.63. The van der Waals surface area contributed by atoms with Crippen molar-refractivity contribution in [3.05, 3.63) is 0 Å². The lowest BCUT2D eigenvalue weighted by molar-refractivity contribution is -0.126. The first kappa shape index (κ1) is 9.32. The van der Waals surface area contributed by atoms with Crippen molar-refractivity contribution >= 4 is 23.5 Å². The maximum absolute atomic E-state index is 11.3. The van der Waals surface area contributed by atoms with Crippen LogP contribution in [0.15, 0.2) is 0 Å². The van der Waals surface area contributed by atoms with Crippen LogP contribution in [-0.4, -0.2) is 40.3 Å². The Morgan fingerprint density at radius 3 is 2.17 bits per heavy atom. The predicted molar refractivity (Wildman–Crippen MR) is 44.8 cm³/mol. The summed E-state index contributed by atoms with van der Waals surface area (Å²) in [5.41, 5.74) is -0.803. The molecule has 0 aliphatic carbocycles. The second-order valence-electron chi connectivity index (χ2n) is 2.49. The van der Waals surface area contributed by atoms with Crippen LogP contribution < -0.4 is 0 Å². The van der Waals surface area contributed by atoms with Crippen LogP contribution in [0.3, 0.4) is 0 Å². The van der Waals surface area contributed by atoms with E-state index in [0.29, 0.717) is 13.1 Å². The summed E-state index contributed by atoms with van der Waals surface area (Å²) in [6.45, 7) is 4.39. The van der Waals surface area contributed by atoms with E-state index in [1.54, 1.807) is 13.8 Å². The van der Waals surface area contributed by atoms with Gasteiger partial charge in [-0.15, -0.1) is 0 Å². The van der Waals surface area contributed by atoms with E-state index in [4.69, 9.17) is 11.6 Å². The number of hydrogen-bond acceptors (Lipinski definition) is 2. The molecule has 1 heterocycles. The van der Waals surface area contributed by atoms with Gasteiger partial charge in [0.05, 0.1) is 0 Å². The molecule has 1 aliphatic rings. The zero-order chi connectivity index (χ0) is 9.30. The zero-order valence-corrected chi connectivity index (χ0v) is 7.84. The molecule has 3 amide bonds. The van der Waals surface area contributed by atoms with Gasteiger partial charge in [-0.3, -0.25) is 14.6 Å². The molecule has 1 atom stereocenters. The Hall–Kier alpha value is -0.770. The number of carbonyl (C=O) groups excluding carboxylic acids is 2. The number of halogens is 1. The maximum atomic E-state index is 11.3. The molecular weight excluding hydrogens is 180 g/mol. The van der Waals surface area contributed by atoms with Gasteiger partial charge in [-0.2, -0.15) is 0 Å². The summed E-state index contributed by atoms with van der Waals surface area (Å²) in [5, 5.41) is 0. The Kier molecular flexibility index (Phi) is 2.57. The highest BCUT2D eigenvalue weighted by molar-refractivity contribution is 6.34. The molecule has 68 valence electrons.